The van der Waals surface area contributed by atoms with Crippen LogP contribution >= 0.6 is 0 Å². The topological polar surface area (TPSA) is 97.1 Å². The van der Waals surface area contributed by atoms with Crippen molar-refractivity contribution in [1.82, 2.24) is 15.5 Å². The van der Waals surface area contributed by atoms with E-state index in [9.17, 15) is 18.4 Å². The summed E-state index contributed by atoms with van der Waals surface area (Å²) >= 11 is 0. The molecule has 0 radical (unpaired) electrons. The Labute approximate surface area is 154 Å². The number of amides is 2. The van der Waals surface area contributed by atoms with Crippen LogP contribution in [0.5, 0.6) is 0 Å². The lowest BCUT2D eigenvalue weighted by molar-refractivity contribution is -0.115. The van der Waals surface area contributed by atoms with Crippen LogP contribution in [0.2, 0.25) is 0 Å². The summed E-state index contributed by atoms with van der Waals surface area (Å²) < 4.78 is 31.3. The number of halogens is 2. The van der Waals surface area contributed by atoms with E-state index in [1.165, 1.54) is 12.8 Å². The minimum absolute atomic E-state index is 0.000959. The molecule has 9 heteroatoms. The van der Waals surface area contributed by atoms with Crippen molar-refractivity contribution in [3.8, 4) is 0 Å². The number of carbonyl (C=O) groups is 2. The maximum atomic E-state index is 13.6. The second kappa shape index (κ2) is 8.70. The number of carbonyl (C=O) groups excluding carboxylic acids is 2. The van der Waals surface area contributed by atoms with E-state index in [0.29, 0.717) is 6.07 Å². The number of nitrogens with zero attached hydrogens (tertiary/aromatic N) is 2. The fourth-order valence-electron chi connectivity index (χ4n) is 3.02. The number of anilines is 1. The van der Waals surface area contributed by atoms with E-state index < -0.39 is 23.4 Å². The van der Waals surface area contributed by atoms with Crippen molar-refractivity contribution in [1.29, 1.82) is 0 Å². The highest BCUT2D eigenvalue weighted by molar-refractivity contribution is 5.92. The monoisotopic (exact) mass is 378 g/mol. The third-order valence-corrected chi connectivity index (χ3v) is 4.38. The average Bonchev–Trinajstić information content (AvgIpc) is 2.93. The Morgan fingerprint density at radius 1 is 1.15 bits per heavy atom. The zero-order valence-electron chi connectivity index (χ0n) is 14.6. The molecule has 2 aromatic rings. The number of hydrogen-bond acceptors (Lipinski definition) is 5. The number of aromatic nitrogens is 2. The van der Waals surface area contributed by atoms with Crippen LogP contribution in [0.3, 0.4) is 0 Å². The predicted molar refractivity (Wildman–Crippen MR) is 91.9 cm³/mol. The summed E-state index contributed by atoms with van der Waals surface area (Å²) in [5.74, 6) is -2.92. The molecule has 0 unspecified atom stereocenters. The van der Waals surface area contributed by atoms with E-state index in [2.05, 4.69) is 20.8 Å². The molecule has 1 aliphatic rings. The van der Waals surface area contributed by atoms with Crippen LogP contribution in [-0.4, -0.2) is 28.0 Å². The molecule has 27 heavy (non-hydrogen) atoms. The Balaban J connectivity index is 1.55. The van der Waals surface area contributed by atoms with Gasteiger partial charge in [0.15, 0.2) is 5.82 Å². The van der Waals surface area contributed by atoms with E-state index >= 15 is 0 Å². The molecule has 2 N–H and O–H groups in total. The van der Waals surface area contributed by atoms with Crippen molar-refractivity contribution in [3.63, 3.8) is 0 Å². The van der Waals surface area contributed by atoms with Crippen LogP contribution in [0.4, 0.5) is 14.5 Å². The molecule has 1 saturated carbocycles. The van der Waals surface area contributed by atoms with Gasteiger partial charge in [-0.2, -0.15) is 4.98 Å². The van der Waals surface area contributed by atoms with Gasteiger partial charge >= 0.3 is 11.8 Å². The molecule has 2 amide bonds. The van der Waals surface area contributed by atoms with Gasteiger partial charge in [0.25, 0.3) is 0 Å². The van der Waals surface area contributed by atoms with E-state index in [-0.39, 0.29) is 29.9 Å². The maximum Gasteiger partial charge on any atom is 0.315 e. The highest BCUT2D eigenvalue weighted by atomic mass is 19.1. The number of nitrogens with one attached hydrogen (secondary N) is 2. The van der Waals surface area contributed by atoms with Crippen LogP contribution in [0.1, 0.15) is 55.0 Å². The van der Waals surface area contributed by atoms with Gasteiger partial charge in [0, 0.05) is 12.1 Å². The summed E-state index contributed by atoms with van der Waals surface area (Å²) in [7, 11) is 0. The van der Waals surface area contributed by atoms with Crippen LogP contribution < -0.4 is 10.6 Å². The Hall–Kier alpha value is -2.84. The first kappa shape index (κ1) is 18.9. The molecule has 144 valence electrons. The number of benzene rings is 1. The lowest BCUT2D eigenvalue weighted by atomic mass is 10.1. The van der Waals surface area contributed by atoms with Gasteiger partial charge in [0.2, 0.25) is 5.91 Å². The molecule has 1 aromatic heterocycles. The van der Waals surface area contributed by atoms with Crippen molar-refractivity contribution >= 4 is 17.5 Å². The highest BCUT2D eigenvalue weighted by Crippen LogP contribution is 2.18. The van der Waals surface area contributed by atoms with Crippen LogP contribution in [-0.2, 0) is 11.2 Å². The Morgan fingerprint density at radius 2 is 1.89 bits per heavy atom. The standard InChI is InChI=1S/C18H20F2N4O3/c19-11-7-8-14(13(20)9-11)22-16(25)10-15-23-18(27-24-15)17(26)21-12-5-3-1-2-4-6-12/h7-9,12H,1-6,10H2,(H,21,26)(H,22,25). The van der Waals surface area contributed by atoms with E-state index in [0.717, 1.165) is 37.8 Å². The Bertz CT molecular complexity index is 817. The molecule has 1 aromatic carbocycles. The molecule has 1 heterocycles. The van der Waals surface area contributed by atoms with Crippen molar-refractivity contribution in [2.24, 2.45) is 0 Å². The zero-order chi connectivity index (χ0) is 19.2. The lowest BCUT2D eigenvalue weighted by Crippen LogP contribution is -2.34. The third kappa shape index (κ3) is 5.32. The third-order valence-electron chi connectivity index (χ3n) is 4.38. The Kier molecular flexibility index (Phi) is 6.10. The highest BCUT2D eigenvalue weighted by Gasteiger charge is 2.21. The molecule has 0 aliphatic heterocycles. The van der Waals surface area contributed by atoms with E-state index in [1.54, 1.807) is 0 Å². The molecule has 0 spiro atoms. The van der Waals surface area contributed by atoms with Crippen LogP contribution in [0.15, 0.2) is 22.7 Å². The van der Waals surface area contributed by atoms with Crippen molar-refractivity contribution < 1.29 is 22.9 Å². The molecule has 3 rings (SSSR count). The van der Waals surface area contributed by atoms with Crippen molar-refractivity contribution in [3.05, 3.63) is 41.5 Å². The predicted octanol–water partition coefficient (Wildman–Crippen LogP) is 2.98. The molecular weight excluding hydrogens is 358 g/mol. The molecule has 1 aliphatic carbocycles. The van der Waals surface area contributed by atoms with Gasteiger partial charge < -0.3 is 15.2 Å². The molecule has 0 saturated heterocycles. The van der Waals surface area contributed by atoms with Crippen molar-refractivity contribution in [2.45, 2.75) is 51.0 Å². The second-order valence-corrected chi connectivity index (χ2v) is 6.53. The van der Waals surface area contributed by atoms with E-state index in [4.69, 9.17) is 4.52 Å². The minimum atomic E-state index is -0.889. The summed E-state index contributed by atoms with van der Waals surface area (Å²) in [4.78, 5) is 28.1. The van der Waals surface area contributed by atoms with Gasteiger partial charge in [-0.05, 0) is 25.0 Å². The molecular formula is C18H20F2N4O3. The van der Waals surface area contributed by atoms with Gasteiger partial charge in [-0.15, -0.1) is 0 Å². The van der Waals surface area contributed by atoms with Gasteiger partial charge in [0.1, 0.15) is 11.6 Å². The zero-order valence-corrected chi connectivity index (χ0v) is 14.6. The summed E-state index contributed by atoms with van der Waals surface area (Å²) in [5.41, 5.74) is -0.156. The average molecular weight is 378 g/mol. The molecule has 0 bridgehead atoms. The molecule has 0 atom stereocenters. The number of rotatable bonds is 5. The summed E-state index contributed by atoms with van der Waals surface area (Å²) in [6.45, 7) is 0. The summed E-state index contributed by atoms with van der Waals surface area (Å²) in [6, 6.07) is 2.90. The lowest BCUT2D eigenvalue weighted by Gasteiger charge is -2.14. The van der Waals surface area contributed by atoms with Crippen LogP contribution in [0.25, 0.3) is 0 Å². The largest absolute Gasteiger partial charge is 0.345 e. The molecule has 7 nitrogen and oxygen atoms in total. The summed E-state index contributed by atoms with van der Waals surface area (Å²) in [5, 5.41) is 8.77. The first-order valence-electron chi connectivity index (χ1n) is 8.89. The number of hydrogen-bond donors (Lipinski definition) is 2. The fraction of sp³-hybridized carbons (Fsp3) is 0.444. The fourth-order valence-corrected chi connectivity index (χ4v) is 3.02. The maximum absolute atomic E-state index is 13.6. The SMILES string of the molecule is O=C(Cc1noc(C(=O)NC2CCCCCC2)n1)Nc1ccc(F)cc1F. The van der Waals surface area contributed by atoms with Gasteiger partial charge in [0.05, 0.1) is 12.1 Å². The summed E-state index contributed by atoms with van der Waals surface area (Å²) in [6.07, 6.45) is 6.00. The molecule has 1 fully saturated rings. The van der Waals surface area contributed by atoms with Gasteiger partial charge in [-0.25, -0.2) is 8.78 Å². The quantitative estimate of drug-likeness (QED) is 0.780. The second-order valence-electron chi connectivity index (χ2n) is 6.53. The Morgan fingerprint density at radius 3 is 2.59 bits per heavy atom. The van der Waals surface area contributed by atoms with Crippen LogP contribution in [0, 0.1) is 11.6 Å². The normalized spacial score (nSPS) is 15.2. The first-order chi connectivity index (χ1) is 13.0. The first-order valence-corrected chi connectivity index (χ1v) is 8.89. The van der Waals surface area contributed by atoms with Crippen molar-refractivity contribution in [2.75, 3.05) is 5.32 Å². The minimum Gasteiger partial charge on any atom is -0.345 e. The van der Waals surface area contributed by atoms with Gasteiger partial charge in [-0.3, -0.25) is 9.59 Å². The van der Waals surface area contributed by atoms with Gasteiger partial charge in [-0.1, -0.05) is 30.8 Å². The van der Waals surface area contributed by atoms with E-state index in [1.807, 2.05) is 0 Å². The smallest absolute Gasteiger partial charge is 0.315 e.